The normalized spacial score (nSPS) is 10.3. The lowest BCUT2D eigenvalue weighted by atomic mass is 10.3. The number of hydrogen-bond acceptors (Lipinski definition) is 4. The minimum atomic E-state index is -0.383. The Hall–Kier alpha value is -0.860. The lowest BCUT2D eigenvalue weighted by Crippen LogP contribution is -1.98. The van der Waals surface area contributed by atoms with Gasteiger partial charge in [0.25, 0.3) is 0 Å². The number of halogens is 2. The van der Waals surface area contributed by atoms with Crippen molar-refractivity contribution in [2.24, 2.45) is 0 Å². The number of anilines is 1. The zero-order valence-electron chi connectivity index (χ0n) is 9.02. The van der Waals surface area contributed by atoms with E-state index in [-0.39, 0.29) is 9.92 Å². The van der Waals surface area contributed by atoms with Gasteiger partial charge in [0.1, 0.15) is 0 Å². The van der Waals surface area contributed by atoms with Crippen molar-refractivity contribution in [3.63, 3.8) is 0 Å². The van der Waals surface area contributed by atoms with Gasteiger partial charge in [-0.1, -0.05) is 22.9 Å². The topological polar surface area (TPSA) is 55.2 Å². The third-order valence-corrected chi connectivity index (χ3v) is 4.15. The Morgan fingerprint density at radius 3 is 2.83 bits per heavy atom. The van der Waals surface area contributed by atoms with E-state index in [1.807, 2.05) is 18.2 Å². The quantitative estimate of drug-likeness (QED) is 0.471. The fraction of sp³-hybridized carbons (Fsp3) is 0.0909. The second-order valence-electron chi connectivity index (χ2n) is 3.53. The molecule has 7 heteroatoms. The molecule has 0 saturated heterocycles. The lowest BCUT2D eigenvalue weighted by Gasteiger charge is -2.07. The van der Waals surface area contributed by atoms with Crippen LogP contribution in [0.1, 0.15) is 5.56 Å². The third kappa shape index (κ3) is 3.33. The maximum Gasteiger partial charge on any atom is 0.324 e. The average molecular weight is 395 g/mol. The second kappa shape index (κ2) is 5.85. The molecule has 1 aromatic heterocycles. The highest BCUT2D eigenvalue weighted by Crippen LogP contribution is 2.26. The molecule has 94 valence electrons. The molecule has 2 rings (SSSR count). The summed E-state index contributed by atoms with van der Waals surface area (Å²) in [5, 5.41) is 16.3. The first-order valence-electron chi connectivity index (χ1n) is 4.97. The average Bonchev–Trinajstić information content (AvgIpc) is 2.76. The minimum absolute atomic E-state index is 0.153. The highest BCUT2D eigenvalue weighted by molar-refractivity contribution is 14.1. The SMILES string of the molecule is O=[N+]([O-])c1cc(CNc2ccc(I)cc2Cl)cs1. The maximum absolute atomic E-state index is 10.6. The van der Waals surface area contributed by atoms with Crippen molar-refractivity contribution in [1.29, 1.82) is 0 Å². The number of hydrogen-bond donors (Lipinski definition) is 1. The summed E-state index contributed by atoms with van der Waals surface area (Å²) >= 11 is 9.39. The molecule has 1 heterocycles. The van der Waals surface area contributed by atoms with Crippen LogP contribution in [-0.4, -0.2) is 4.92 Å². The monoisotopic (exact) mass is 394 g/mol. The Morgan fingerprint density at radius 1 is 1.44 bits per heavy atom. The van der Waals surface area contributed by atoms with E-state index >= 15 is 0 Å². The summed E-state index contributed by atoms with van der Waals surface area (Å²) in [6.45, 7) is 0.519. The molecular formula is C11H8ClIN2O2S. The highest BCUT2D eigenvalue weighted by atomic mass is 127. The van der Waals surface area contributed by atoms with Crippen molar-refractivity contribution in [3.8, 4) is 0 Å². The molecule has 0 radical (unpaired) electrons. The summed E-state index contributed by atoms with van der Waals surface area (Å²) in [5.41, 5.74) is 1.70. The number of nitro groups is 1. The van der Waals surface area contributed by atoms with Gasteiger partial charge in [-0.15, -0.1) is 0 Å². The molecule has 1 N–H and O–H groups in total. The minimum Gasteiger partial charge on any atom is -0.380 e. The molecule has 2 aromatic rings. The van der Waals surface area contributed by atoms with Gasteiger partial charge in [0.2, 0.25) is 0 Å². The van der Waals surface area contributed by atoms with Crippen LogP contribution < -0.4 is 5.32 Å². The van der Waals surface area contributed by atoms with Crippen molar-refractivity contribution in [3.05, 3.63) is 53.9 Å². The van der Waals surface area contributed by atoms with E-state index in [2.05, 4.69) is 27.9 Å². The zero-order chi connectivity index (χ0) is 13.1. The summed E-state index contributed by atoms with van der Waals surface area (Å²) in [7, 11) is 0. The summed E-state index contributed by atoms with van der Waals surface area (Å²) in [5.74, 6) is 0. The molecule has 4 nitrogen and oxygen atoms in total. The van der Waals surface area contributed by atoms with E-state index in [0.29, 0.717) is 11.6 Å². The van der Waals surface area contributed by atoms with Crippen LogP contribution in [0.4, 0.5) is 10.7 Å². The van der Waals surface area contributed by atoms with Gasteiger partial charge in [0.15, 0.2) is 0 Å². The largest absolute Gasteiger partial charge is 0.380 e. The summed E-state index contributed by atoms with van der Waals surface area (Å²) < 4.78 is 1.06. The van der Waals surface area contributed by atoms with Crippen molar-refractivity contribution in [2.75, 3.05) is 5.32 Å². The van der Waals surface area contributed by atoms with E-state index < -0.39 is 0 Å². The highest BCUT2D eigenvalue weighted by Gasteiger charge is 2.09. The van der Waals surface area contributed by atoms with Gasteiger partial charge in [0.05, 0.1) is 15.6 Å². The number of nitrogens with zero attached hydrogens (tertiary/aromatic N) is 1. The van der Waals surface area contributed by atoms with Gasteiger partial charge < -0.3 is 5.32 Å². The van der Waals surface area contributed by atoms with Crippen molar-refractivity contribution < 1.29 is 4.92 Å². The van der Waals surface area contributed by atoms with E-state index in [4.69, 9.17) is 11.6 Å². The predicted molar refractivity (Wildman–Crippen MR) is 82.5 cm³/mol. The summed E-state index contributed by atoms with van der Waals surface area (Å²) in [6, 6.07) is 7.27. The first kappa shape index (κ1) is 13.6. The Bertz CT molecular complexity index is 588. The molecule has 0 atom stereocenters. The van der Waals surface area contributed by atoms with Crippen LogP contribution in [0.3, 0.4) is 0 Å². The fourth-order valence-corrected chi connectivity index (χ4v) is 3.03. The Morgan fingerprint density at radius 2 is 2.22 bits per heavy atom. The molecule has 0 aliphatic rings. The number of benzene rings is 1. The van der Waals surface area contributed by atoms with E-state index in [0.717, 1.165) is 26.2 Å². The maximum atomic E-state index is 10.6. The van der Waals surface area contributed by atoms with Crippen molar-refractivity contribution in [1.82, 2.24) is 0 Å². The molecule has 0 spiro atoms. The van der Waals surface area contributed by atoms with Crippen molar-refractivity contribution in [2.45, 2.75) is 6.54 Å². The molecular weight excluding hydrogens is 387 g/mol. The van der Waals surface area contributed by atoms with Crippen LogP contribution >= 0.6 is 45.5 Å². The van der Waals surface area contributed by atoms with Gasteiger partial charge in [0, 0.05) is 21.6 Å². The molecule has 1 aromatic carbocycles. The molecule has 0 amide bonds. The fourth-order valence-electron chi connectivity index (χ4n) is 1.38. The molecule has 0 aliphatic heterocycles. The third-order valence-electron chi connectivity index (χ3n) is 2.23. The van der Waals surface area contributed by atoms with Crippen LogP contribution in [-0.2, 0) is 6.54 Å². The molecule has 0 saturated carbocycles. The number of rotatable bonds is 4. The van der Waals surface area contributed by atoms with Gasteiger partial charge in [-0.05, 0) is 46.4 Å². The van der Waals surface area contributed by atoms with E-state index in [1.165, 1.54) is 0 Å². The van der Waals surface area contributed by atoms with Crippen LogP contribution in [0.25, 0.3) is 0 Å². The Kier molecular flexibility index (Phi) is 4.41. The standard InChI is InChI=1S/C11H8ClIN2O2S/c12-9-4-8(13)1-2-10(9)14-5-7-3-11(15(16)17)18-6-7/h1-4,6,14H,5H2. The van der Waals surface area contributed by atoms with Gasteiger partial charge in [-0.25, -0.2) is 0 Å². The molecule has 0 unspecified atom stereocenters. The Balaban J connectivity index is 2.04. The van der Waals surface area contributed by atoms with Gasteiger partial charge >= 0.3 is 5.00 Å². The molecule has 0 bridgehead atoms. The number of nitrogens with one attached hydrogen (secondary N) is 1. The Labute approximate surface area is 126 Å². The van der Waals surface area contributed by atoms with Crippen molar-refractivity contribution >= 4 is 56.2 Å². The molecule has 0 fully saturated rings. The predicted octanol–water partition coefficient (Wildman–Crippen LogP) is 4.53. The lowest BCUT2D eigenvalue weighted by molar-refractivity contribution is -0.380. The van der Waals surface area contributed by atoms with E-state index in [9.17, 15) is 10.1 Å². The summed E-state index contributed by atoms with van der Waals surface area (Å²) in [6.07, 6.45) is 0. The first-order valence-corrected chi connectivity index (χ1v) is 7.30. The van der Waals surface area contributed by atoms with Crippen LogP contribution in [0, 0.1) is 13.7 Å². The summed E-state index contributed by atoms with van der Waals surface area (Å²) in [4.78, 5) is 10.2. The van der Waals surface area contributed by atoms with Crippen LogP contribution in [0.15, 0.2) is 29.6 Å². The second-order valence-corrected chi connectivity index (χ2v) is 6.07. The molecule has 0 aliphatic carbocycles. The van der Waals surface area contributed by atoms with E-state index in [1.54, 1.807) is 11.4 Å². The van der Waals surface area contributed by atoms with Crippen LogP contribution in [0.5, 0.6) is 0 Å². The zero-order valence-corrected chi connectivity index (χ0v) is 12.8. The molecule has 18 heavy (non-hydrogen) atoms. The van der Waals surface area contributed by atoms with Crippen LogP contribution in [0.2, 0.25) is 5.02 Å². The van der Waals surface area contributed by atoms with Gasteiger partial charge in [-0.2, -0.15) is 0 Å². The van der Waals surface area contributed by atoms with Gasteiger partial charge in [-0.3, -0.25) is 10.1 Å². The number of thiophene rings is 1. The first-order chi connectivity index (χ1) is 8.56. The smallest absolute Gasteiger partial charge is 0.324 e.